The molecule has 3 rings (SSSR count). The van der Waals surface area contributed by atoms with Crippen LogP contribution in [-0.2, 0) is 4.43 Å². The molecular weight excluding hydrogens is 310 g/mol. The summed E-state index contributed by atoms with van der Waals surface area (Å²) in [5, 5.41) is 1.30. The van der Waals surface area contributed by atoms with Gasteiger partial charge in [-0.25, -0.2) is 0 Å². The van der Waals surface area contributed by atoms with Crippen LogP contribution >= 0.6 is 0 Å². The lowest BCUT2D eigenvalue weighted by molar-refractivity contribution is 0.416. The van der Waals surface area contributed by atoms with Crippen molar-refractivity contribution in [3.05, 3.63) is 84.9 Å². The lowest BCUT2D eigenvalue weighted by Crippen LogP contribution is -2.43. The Morgan fingerprint density at radius 3 is 1.46 bits per heavy atom. The molecule has 3 aromatic carbocycles. The SMILES string of the molecule is CO[Si](C)(C)c1ccc(N(c2ccccc2)c2ccccc2)cc1. The van der Waals surface area contributed by atoms with Gasteiger partial charge in [-0.2, -0.15) is 0 Å². The zero-order valence-electron chi connectivity index (χ0n) is 14.4. The Hall–Kier alpha value is -2.36. The smallest absolute Gasteiger partial charge is 0.217 e. The van der Waals surface area contributed by atoms with Gasteiger partial charge in [0.1, 0.15) is 0 Å². The summed E-state index contributed by atoms with van der Waals surface area (Å²) in [4.78, 5) is 2.27. The van der Waals surface area contributed by atoms with Gasteiger partial charge in [-0.05, 0) is 54.7 Å². The summed E-state index contributed by atoms with van der Waals surface area (Å²) in [5.41, 5.74) is 3.46. The molecule has 0 spiro atoms. The van der Waals surface area contributed by atoms with Crippen LogP contribution in [0.15, 0.2) is 84.9 Å². The number of nitrogens with zero attached hydrogens (tertiary/aromatic N) is 1. The minimum absolute atomic E-state index is 1.15. The summed E-state index contributed by atoms with van der Waals surface area (Å²) in [6.45, 7) is 4.43. The van der Waals surface area contributed by atoms with Gasteiger partial charge in [0, 0.05) is 24.2 Å². The van der Waals surface area contributed by atoms with Gasteiger partial charge in [-0.3, -0.25) is 0 Å². The van der Waals surface area contributed by atoms with Crippen LogP contribution in [-0.4, -0.2) is 15.4 Å². The number of para-hydroxylation sites is 2. The average molecular weight is 334 g/mol. The maximum absolute atomic E-state index is 5.72. The van der Waals surface area contributed by atoms with Gasteiger partial charge in [-0.1, -0.05) is 48.5 Å². The van der Waals surface area contributed by atoms with E-state index in [4.69, 9.17) is 4.43 Å². The Kier molecular flexibility index (Phi) is 4.83. The summed E-state index contributed by atoms with van der Waals surface area (Å²) in [5.74, 6) is 0. The van der Waals surface area contributed by atoms with E-state index in [0.717, 1.165) is 17.1 Å². The number of rotatable bonds is 5. The molecule has 0 saturated heterocycles. The second-order valence-corrected chi connectivity index (χ2v) is 10.3. The monoisotopic (exact) mass is 333 g/mol. The Morgan fingerprint density at radius 1 is 0.625 bits per heavy atom. The van der Waals surface area contributed by atoms with E-state index in [0.29, 0.717) is 0 Å². The Labute approximate surface area is 145 Å². The molecule has 0 bridgehead atoms. The van der Waals surface area contributed by atoms with Crippen molar-refractivity contribution in [3.8, 4) is 0 Å². The summed E-state index contributed by atoms with van der Waals surface area (Å²) in [6.07, 6.45) is 0. The molecule has 0 aromatic heterocycles. The highest BCUT2D eigenvalue weighted by atomic mass is 28.4. The van der Waals surface area contributed by atoms with Crippen LogP contribution in [0.2, 0.25) is 13.1 Å². The molecule has 0 aliphatic carbocycles. The van der Waals surface area contributed by atoms with Crippen molar-refractivity contribution in [1.82, 2.24) is 0 Å². The topological polar surface area (TPSA) is 12.5 Å². The third kappa shape index (κ3) is 3.42. The molecule has 122 valence electrons. The first-order valence-corrected chi connectivity index (χ1v) is 11.1. The van der Waals surface area contributed by atoms with E-state index in [9.17, 15) is 0 Å². The van der Waals surface area contributed by atoms with Crippen molar-refractivity contribution >= 4 is 30.6 Å². The molecule has 0 atom stereocenters. The third-order valence-electron chi connectivity index (χ3n) is 4.36. The van der Waals surface area contributed by atoms with Crippen LogP contribution in [0.1, 0.15) is 0 Å². The van der Waals surface area contributed by atoms with E-state index in [-0.39, 0.29) is 0 Å². The van der Waals surface area contributed by atoms with Crippen LogP contribution in [0.3, 0.4) is 0 Å². The van der Waals surface area contributed by atoms with Crippen molar-refractivity contribution in [1.29, 1.82) is 0 Å². The van der Waals surface area contributed by atoms with E-state index >= 15 is 0 Å². The molecule has 0 unspecified atom stereocenters. The Bertz CT molecular complexity index is 730. The standard InChI is InChI=1S/C21H23NOSi/c1-23-24(2,3)21-16-14-20(15-17-21)22(18-10-6-4-7-11-18)19-12-8-5-9-13-19/h4-17H,1-3H3. The first kappa shape index (κ1) is 16.5. The van der Waals surface area contributed by atoms with Gasteiger partial charge in [0.25, 0.3) is 0 Å². The van der Waals surface area contributed by atoms with E-state index in [1.807, 2.05) is 12.1 Å². The maximum atomic E-state index is 5.72. The molecule has 0 amide bonds. The van der Waals surface area contributed by atoms with E-state index in [2.05, 4.69) is 90.8 Å². The molecule has 3 aromatic rings. The largest absolute Gasteiger partial charge is 0.416 e. The summed E-state index contributed by atoms with van der Waals surface area (Å²) in [6, 6.07) is 29.7. The molecule has 0 heterocycles. The molecule has 2 nitrogen and oxygen atoms in total. The second-order valence-electron chi connectivity index (χ2n) is 6.27. The maximum Gasteiger partial charge on any atom is 0.217 e. The number of benzene rings is 3. The Morgan fingerprint density at radius 2 is 1.04 bits per heavy atom. The quantitative estimate of drug-likeness (QED) is 0.594. The molecule has 0 aliphatic heterocycles. The first-order chi connectivity index (χ1) is 11.6. The summed E-state index contributed by atoms with van der Waals surface area (Å²) >= 11 is 0. The number of hydrogen-bond donors (Lipinski definition) is 0. The van der Waals surface area contributed by atoms with Crippen LogP contribution in [0.4, 0.5) is 17.1 Å². The fourth-order valence-corrected chi connectivity index (χ4v) is 3.94. The normalized spacial score (nSPS) is 11.3. The predicted molar refractivity (Wildman–Crippen MR) is 105 cm³/mol. The molecular formula is C21H23NOSi. The lowest BCUT2D eigenvalue weighted by Gasteiger charge is -2.26. The van der Waals surface area contributed by atoms with Gasteiger partial charge in [0.2, 0.25) is 8.32 Å². The first-order valence-electron chi connectivity index (χ1n) is 8.18. The van der Waals surface area contributed by atoms with Crippen molar-refractivity contribution in [2.24, 2.45) is 0 Å². The highest BCUT2D eigenvalue weighted by Crippen LogP contribution is 2.33. The molecule has 0 radical (unpaired) electrons. The van der Waals surface area contributed by atoms with Crippen LogP contribution in [0.5, 0.6) is 0 Å². The summed E-state index contributed by atoms with van der Waals surface area (Å²) in [7, 11) is 0.0178. The van der Waals surface area contributed by atoms with Gasteiger partial charge in [0.15, 0.2) is 0 Å². The highest BCUT2D eigenvalue weighted by Gasteiger charge is 2.23. The average Bonchev–Trinajstić information content (AvgIpc) is 2.64. The number of hydrogen-bond acceptors (Lipinski definition) is 2. The van der Waals surface area contributed by atoms with Crippen molar-refractivity contribution in [2.75, 3.05) is 12.0 Å². The van der Waals surface area contributed by atoms with Crippen molar-refractivity contribution < 1.29 is 4.43 Å². The molecule has 3 heteroatoms. The predicted octanol–water partition coefficient (Wildman–Crippen LogP) is 5.21. The zero-order valence-corrected chi connectivity index (χ0v) is 15.4. The van der Waals surface area contributed by atoms with Gasteiger partial charge in [0.05, 0.1) is 0 Å². The van der Waals surface area contributed by atoms with E-state index < -0.39 is 8.32 Å². The fraction of sp³-hybridized carbons (Fsp3) is 0.143. The van der Waals surface area contributed by atoms with Gasteiger partial charge in [-0.15, -0.1) is 0 Å². The molecule has 0 aliphatic rings. The van der Waals surface area contributed by atoms with Gasteiger partial charge >= 0.3 is 0 Å². The van der Waals surface area contributed by atoms with Crippen LogP contribution in [0, 0.1) is 0 Å². The highest BCUT2D eigenvalue weighted by molar-refractivity contribution is 6.84. The Balaban J connectivity index is 2.04. The van der Waals surface area contributed by atoms with Crippen LogP contribution in [0.25, 0.3) is 0 Å². The van der Waals surface area contributed by atoms with Crippen molar-refractivity contribution in [2.45, 2.75) is 13.1 Å². The van der Waals surface area contributed by atoms with E-state index in [1.165, 1.54) is 5.19 Å². The minimum atomic E-state index is -1.79. The zero-order chi connectivity index (χ0) is 17.0. The number of anilines is 3. The molecule has 0 N–H and O–H groups in total. The van der Waals surface area contributed by atoms with Crippen molar-refractivity contribution in [3.63, 3.8) is 0 Å². The van der Waals surface area contributed by atoms with E-state index in [1.54, 1.807) is 7.11 Å². The van der Waals surface area contributed by atoms with Gasteiger partial charge < -0.3 is 9.33 Å². The molecule has 0 saturated carbocycles. The molecule has 0 fully saturated rings. The third-order valence-corrected chi connectivity index (χ3v) is 7.10. The minimum Gasteiger partial charge on any atom is -0.416 e. The fourth-order valence-electron chi connectivity index (χ4n) is 2.73. The summed E-state index contributed by atoms with van der Waals surface area (Å²) < 4.78 is 5.72. The van der Waals surface area contributed by atoms with Crippen LogP contribution < -0.4 is 10.1 Å². The molecule has 24 heavy (non-hydrogen) atoms. The lowest BCUT2D eigenvalue weighted by atomic mass is 10.2. The second kappa shape index (κ2) is 7.03.